The number of hydrogen-bond acceptors (Lipinski definition) is 4. The fourth-order valence-corrected chi connectivity index (χ4v) is 2.52. The molecule has 1 fully saturated rings. The first-order valence-electron chi connectivity index (χ1n) is 7.02. The van der Waals surface area contributed by atoms with Crippen molar-refractivity contribution in [3.8, 4) is 5.75 Å². The highest BCUT2D eigenvalue weighted by Gasteiger charge is 2.25. The maximum Gasteiger partial charge on any atom is 0.255 e. The lowest BCUT2D eigenvalue weighted by Gasteiger charge is -2.36. The van der Waals surface area contributed by atoms with Gasteiger partial charge in [0.15, 0.2) is 6.61 Å². The number of amides is 2. The second kappa shape index (κ2) is 6.58. The Morgan fingerprint density at radius 1 is 1.24 bits per heavy atom. The molecule has 1 heterocycles. The molecule has 1 aliphatic rings. The molecule has 1 aromatic rings. The van der Waals surface area contributed by atoms with Crippen molar-refractivity contribution < 1.29 is 14.3 Å². The van der Waals surface area contributed by atoms with E-state index in [0.29, 0.717) is 24.4 Å². The van der Waals surface area contributed by atoms with Crippen molar-refractivity contribution in [1.82, 2.24) is 10.2 Å². The van der Waals surface area contributed by atoms with Gasteiger partial charge in [-0.25, -0.2) is 0 Å². The average Bonchev–Trinajstić information content (AvgIpc) is 2.44. The Balaban J connectivity index is 2.00. The largest absolute Gasteiger partial charge is 0.484 e. The van der Waals surface area contributed by atoms with Crippen molar-refractivity contribution in [2.45, 2.75) is 25.9 Å². The molecule has 2 amide bonds. The lowest BCUT2D eigenvalue weighted by Crippen LogP contribution is -2.55. The van der Waals surface area contributed by atoms with Gasteiger partial charge in [-0.3, -0.25) is 9.59 Å². The topological polar surface area (TPSA) is 84.7 Å². The summed E-state index contributed by atoms with van der Waals surface area (Å²) < 4.78 is 5.17. The van der Waals surface area contributed by atoms with E-state index in [2.05, 4.69) is 19.2 Å². The molecule has 0 unspecified atom stereocenters. The zero-order valence-electron chi connectivity index (χ0n) is 12.3. The predicted molar refractivity (Wildman–Crippen MR) is 79.1 cm³/mol. The van der Waals surface area contributed by atoms with Crippen molar-refractivity contribution >= 4 is 11.8 Å². The molecule has 21 heavy (non-hydrogen) atoms. The van der Waals surface area contributed by atoms with E-state index in [4.69, 9.17) is 10.5 Å². The maximum atomic E-state index is 12.5. The van der Waals surface area contributed by atoms with E-state index in [9.17, 15) is 9.59 Å². The van der Waals surface area contributed by atoms with Crippen LogP contribution >= 0.6 is 0 Å². The monoisotopic (exact) mass is 291 g/mol. The van der Waals surface area contributed by atoms with Gasteiger partial charge in [-0.05, 0) is 38.1 Å². The number of ether oxygens (including phenoxy) is 1. The minimum absolute atomic E-state index is 0.0108. The van der Waals surface area contributed by atoms with E-state index in [1.807, 2.05) is 4.90 Å². The molecule has 114 valence electrons. The first-order valence-corrected chi connectivity index (χ1v) is 7.02. The van der Waals surface area contributed by atoms with Crippen LogP contribution in [0.2, 0.25) is 0 Å². The Bertz CT molecular complexity index is 505. The number of hydrogen-bond donors (Lipinski definition) is 2. The third-order valence-electron chi connectivity index (χ3n) is 3.33. The van der Waals surface area contributed by atoms with Crippen LogP contribution in [0.4, 0.5) is 0 Å². The minimum Gasteiger partial charge on any atom is -0.484 e. The Kier molecular flexibility index (Phi) is 4.80. The summed E-state index contributed by atoms with van der Waals surface area (Å²) in [6, 6.07) is 7.33. The first kappa shape index (κ1) is 15.3. The van der Waals surface area contributed by atoms with Crippen LogP contribution in [0, 0.1) is 0 Å². The van der Waals surface area contributed by atoms with Crippen molar-refractivity contribution in [3.05, 3.63) is 29.8 Å². The number of nitrogens with two attached hydrogens (primary N) is 1. The molecule has 0 radical (unpaired) electrons. The summed E-state index contributed by atoms with van der Waals surface area (Å²) in [5, 5.41) is 3.39. The number of benzene rings is 1. The highest BCUT2D eigenvalue weighted by Crippen LogP contribution is 2.15. The van der Waals surface area contributed by atoms with E-state index in [-0.39, 0.29) is 24.6 Å². The third-order valence-corrected chi connectivity index (χ3v) is 3.33. The summed E-state index contributed by atoms with van der Waals surface area (Å²) in [5.41, 5.74) is 5.62. The highest BCUT2D eigenvalue weighted by atomic mass is 16.5. The SMILES string of the molecule is C[C@@H]1CN(C(=O)c2ccc(OCC(N)=O)cc2)C[C@@H](C)N1. The summed E-state index contributed by atoms with van der Waals surface area (Å²) in [6.45, 7) is 5.36. The number of carbonyl (C=O) groups is 2. The number of piperazine rings is 1. The molecule has 0 saturated carbocycles. The molecule has 1 aliphatic heterocycles. The Hall–Kier alpha value is -2.08. The summed E-state index contributed by atoms with van der Waals surface area (Å²) in [5.74, 6) is 0.00277. The molecule has 0 aromatic heterocycles. The van der Waals surface area contributed by atoms with Gasteiger partial charge in [-0.1, -0.05) is 0 Å². The second-order valence-corrected chi connectivity index (χ2v) is 5.46. The molecule has 6 heteroatoms. The highest BCUT2D eigenvalue weighted by molar-refractivity contribution is 5.94. The molecule has 0 aliphatic carbocycles. The average molecular weight is 291 g/mol. The molecule has 1 saturated heterocycles. The maximum absolute atomic E-state index is 12.5. The molecule has 6 nitrogen and oxygen atoms in total. The Labute approximate surface area is 124 Å². The summed E-state index contributed by atoms with van der Waals surface area (Å²) in [6.07, 6.45) is 0. The Morgan fingerprint density at radius 2 is 1.81 bits per heavy atom. The second-order valence-electron chi connectivity index (χ2n) is 5.46. The first-order chi connectivity index (χ1) is 9.95. The third kappa shape index (κ3) is 4.19. The van der Waals surface area contributed by atoms with Crippen LogP contribution in [0.15, 0.2) is 24.3 Å². The number of primary amides is 1. The predicted octanol–water partition coefficient (Wildman–Crippen LogP) is 0.373. The van der Waals surface area contributed by atoms with E-state index < -0.39 is 5.91 Å². The fraction of sp³-hybridized carbons (Fsp3) is 0.467. The quantitative estimate of drug-likeness (QED) is 0.839. The van der Waals surface area contributed by atoms with Gasteiger partial charge in [-0.2, -0.15) is 0 Å². The van der Waals surface area contributed by atoms with Gasteiger partial charge in [0.05, 0.1) is 0 Å². The van der Waals surface area contributed by atoms with Crippen LogP contribution in [-0.2, 0) is 4.79 Å². The molecular formula is C15H21N3O3. The van der Waals surface area contributed by atoms with Gasteiger partial charge in [0, 0.05) is 30.7 Å². The van der Waals surface area contributed by atoms with Crippen molar-refractivity contribution in [3.63, 3.8) is 0 Å². The van der Waals surface area contributed by atoms with Crippen LogP contribution < -0.4 is 15.8 Å². The molecule has 1 aromatic carbocycles. The van der Waals surface area contributed by atoms with Gasteiger partial charge < -0.3 is 20.7 Å². The van der Waals surface area contributed by atoms with Gasteiger partial charge in [-0.15, -0.1) is 0 Å². The van der Waals surface area contributed by atoms with Crippen molar-refractivity contribution in [2.75, 3.05) is 19.7 Å². The molecule has 2 atom stereocenters. The van der Waals surface area contributed by atoms with Crippen LogP contribution in [-0.4, -0.2) is 48.5 Å². The molecule has 0 spiro atoms. The zero-order chi connectivity index (χ0) is 15.4. The summed E-state index contributed by atoms with van der Waals surface area (Å²) in [7, 11) is 0. The number of rotatable bonds is 4. The lowest BCUT2D eigenvalue weighted by atomic mass is 10.1. The Morgan fingerprint density at radius 3 is 2.33 bits per heavy atom. The van der Waals surface area contributed by atoms with E-state index in [1.54, 1.807) is 24.3 Å². The summed E-state index contributed by atoms with van der Waals surface area (Å²) in [4.78, 5) is 25.0. The van der Waals surface area contributed by atoms with Crippen LogP contribution in [0.3, 0.4) is 0 Å². The minimum atomic E-state index is -0.529. The zero-order valence-corrected chi connectivity index (χ0v) is 12.3. The molecular weight excluding hydrogens is 270 g/mol. The van der Waals surface area contributed by atoms with E-state index in [1.165, 1.54) is 0 Å². The van der Waals surface area contributed by atoms with Crippen molar-refractivity contribution in [1.29, 1.82) is 0 Å². The fourth-order valence-electron chi connectivity index (χ4n) is 2.52. The standard InChI is InChI=1S/C15H21N3O3/c1-10-7-18(8-11(2)17-10)15(20)12-3-5-13(6-4-12)21-9-14(16)19/h3-6,10-11,17H,7-9H2,1-2H3,(H2,16,19)/t10-,11-/m1/s1. The van der Waals surface area contributed by atoms with Gasteiger partial charge in [0.25, 0.3) is 11.8 Å². The van der Waals surface area contributed by atoms with Gasteiger partial charge in [0.2, 0.25) is 0 Å². The van der Waals surface area contributed by atoms with E-state index >= 15 is 0 Å². The van der Waals surface area contributed by atoms with E-state index in [0.717, 1.165) is 0 Å². The van der Waals surface area contributed by atoms with Gasteiger partial charge >= 0.3 is 0 Å². The van der Waals surface area contributed by atoms with Gasteiger partial charge in [0.1, 0.15) is 5.75 Å². The summed E-state index contributed by atoms with van der Waals surface area (Å²) >= 11 is 0. The van der Waals surface area contributed by atoms with Crippen LogP contribution in [0.1, 0.15) is 24.2 Å². The smallest absolute Gasteiger partial charge is 0.255 e. The van der Waals surface area contributed by atoms with Crippen molar-refractivity contribution in [2.24, 2.45) is 5.73 Å². The van der Waals surface area contributed by atoms with Crippen LogP contribution in [0.5, 0.6) is 5.75 Å². The number of nitrogens with zero attached hydrogens (tertiary/aromatic N) is 1. The van der Waals surface area contributed by atoms with Crippen LogP contribution in [0.25, 0.3) is 0 Å². The normalized spacial score (nSPS) is 21.9. The number of carbonyl (C=O) groups excluding carboxylic acids is 2. The lowest BCUT2D eigenvalue weighted by molar-refractivity contribution is -0.119. The molecule has 0 bridgehead atoms. The molecule has 3 N–H and O–H groups in total. The number of nitrogens with one attached hydrogen (secondary N) is 1. The molecule has 2 rings (SSSR count).